The Balaban J connectivity index is 0. The van der Waals surface area contributed by atoms with Crippen molar-refractivity contribution >= 4 is 0 Å². The number of terminal acetylenes is 1. The van der Waals surface area contributed by atoms with Crippen molar-refractivity contribution in [2.45, 2.75) is 0 Å². The van der Waals surface area contributed by atoms with Crippen molar-refractivity contribution in [3.63, 3.8) is 0 Å². The van der Waals surface area contributed by atoms with Gasteiger partial charge in [-0.1, -0.05) is 0 Å². The Morgan fingerprint density at radius 3 is 1.20 bits per heavy atom. The van der Waals surface area contributed by atoms with Crippen LogP contribution in [-0.4, -0.2) is 0 Å². The minimum atomic E-state index is -1.44. The molecule has 0 fully saturated rings. The van der Waals surface area contributed by atoms with Gasteiger partial charge in [0.05, 0.1) is 0 Å². The number of rotatable bonds is 0. The molecule has 0 aromatic heterocycles. The molecule has 0 saturated carbocycles. The first kappa shape index (κ1) is 8.82. The van der Waals surface area contributed by atoms with E-state index in [1.807, 2.05) is 0 Å². The van der Waals surface area contributed by atoms with Crippen LogP contribution < -0.4 is 0 Å². The van der Waals surface area contributed by atoms with E-state index in [1.54, 1.807) is 0 Å². The molecule has 0 radical (unpaired) electrons. The molecule has 0 bridgehead atoms. The van der Waals surface area contributed by atoms with Gasteiger partial charge in [0, 0.05) is 0 Å². The van der Waals surface area contributed by atoms with Crippen molar-refractivity contribution in [3.8, 4) is 12.8 Å². The summed E-state index contributed by atoms with van der Waals surface area (Å²) in [5, 5.41) is 0. The van der Waals surface area contributed by atoms with Crippen molar-refractivity contribution in [1.29, 1.82) is 0 Å². The summed E-state index contributed by atoms with van der Waals surface area (Å²) in [6.45, 7) is 0. The van der Waals surface area contributed by atoms with Gasteiger partial charge in [0.1, 0.15) is 0 Å². The molecule has 29 valence electrons. The molecular formula is C2H2MnO2. The molecule has 0 aromatic carbocycles. The second-order valence-electron chi connectivity index (χ2n) is 0.0630. The zero-order valence-corrected chi connectivity index (χ0v) is 3.53. The molecule has 0 aliphatic heterocycles. The van der Waals surface area contributed by atoms with Gasteiger partial charge in [0.15, 0.2) is 0 Å². The summed E-state index contributed by atoms with van der Waals surface area (Å²) in [5.41, 5.74) is 0. The average Bonchev–Trinajstić information content (AvgIpc) is 1.46. The van der Waals surface area contributed by atoms with E-state index in [9.17, 15) is 0 Å². The van der Waals surface area contributed by atoms with Crippen LogP contribution in [0, 0.1) is 12.8 Å². The van der Waals surface area contributed by atoms with E-state index in [-0.39, 0.29) is 0 Å². The Labute approximate surface area is 36.1 Å². The number of hydrogen-bond donors (Lipinski definition) is 0. The van der Waals surface area contributed by atoms with E-state index in [0.29, 0.717) is 0 Å². The molecule has 0 N–H and O–H groups in total. The van der Waals surface area contributed by atoms with Crippen LogP contribution in [0.2, 0.25) is 0 Å². The average molecular weight is 113 g/mol. The molecule has 0 aromatic rings. The van der Waals surface area contributed by atoms with Crippen molar-refractivity contribution in [2.75, 3.05) is 0 Å². The summed E-state index contributed by atoms with van der Waals surface area (Å²) in [4.78, 5) is 0. The summed E-state index contributed by atoms with van der Waals surface area (Å²) >= 11 is -1.44. The van der Waals surface area contributed by atoms with E-state index in [0.717, 1.165) is 0 Å². The third-order valence-electron chi connectivity index (χ3n) is 0. The van der Waals surface area contributed by atoms with Crippen molar-refractivity contribution in [3.05, 3.63) is 0 Å². The number of hydrogen-bond acceptors (Lipinski definition) is 2. The molecule has 0 spiro atoms. The molecular weight excluding hydrogens is 111 g/mol. The fourth-order valence-electron chi connectivity index (χ4n) is 0. The molecule has 5 heavy (non-hydrogen) atoms. The van der Waals surface area contributed by atoms with Gasteiger partial charge in [0.2, 0.25) is 0 Å². The molecule has 0 rings (SSSR count). The predicted octanol–water partition coefficient (Wildman–Crippen LogP) is 0.00930. The first-order chi connectivity index (χ1) is 2.41. The molecule has 0 heterocycles. The van der Waals surface area contributed by atoms with Crippen LogP contribution in [0.3, 0.4) is 0 Å². The molecule has 3 heteroatoms. The molecule has 0 atom stereocenters. The molecule has 0 amide bonds. The zero-order chi connectivity index (χ0) is 4.71. The molecule has 0 aliphatic carbocycles. The fraction of sp³-hybridized carbons (Fsp3) is 0. The first-order valence-electron chi connectivity index (χ1n) is 0.642. The van der Waals surface area contributed by atoms with Crippen LogP contribution >= 0.6 is 0 Å². The van der Waals surface area contributed by atoms with E-state index in [4.69, 9.17) is 7.67 Å². The summed E-state index contributed by atoms with van der Waals surface area (Å²) < 4.78 is 16.8. The zero-order valence-electron chi connectivity index (χ0n) is 2.35. The Morgan fingerprint density at radius 1 is 1.20 bits per heavy atom. The summed E-state index contributed by atoms with van der Waals surface area (Å²) in [5.74, 6) is 0. The Bertz CT molecular complexity index is 49.9. The quantitative estimate of drug-likeness (QED) is 0.327. The standard InChI is InChI=1S/C2H2.Mn.2O/c1-2;;;/h1-2H;;;. The maximum atomic E-state index is 8.41. The van der Waals surface area contributed by atoms with Crippen molar-refractivity contribution < 1.29 is 22.5 Å². The van der Waals surface area contributed by atoms with Gasteiger partial charge >= 0.3 is 22.5 Å². The summed E-state index contributed by atoms with van der Waals surface area (Å²) in [7, 11) is 0. The fourth-order valence-corrected chi connectivity index (χ4v) is 0. The second kappa shape index (κ2) is 57.2. The van der Waals surface area contributed by atoms with Crippen molar-refractivity contribution in [1.82, 2.24) is 0 Å². The molecule has 0 unspecified atom stereocenters. The van der Waals surface area contributed by atoms with Crippen molar-refractivity contribution in [2.24, 2.45) is 0 Å². The minimum absolute atomic E-state index is 1.44. The third-order valence-corrected chi connectivity index (χ3v) is 0. The van der Waals surface area contributed by atoms with Gasteiger partial charge in [-0.2, -0.15) is 0 Å². The van der Waals surface area contributed by atoms with E-state index in [2.05, 4.69) is 12.8 Å². The van der Waals surface area contributed by atoms with Gasteiger partial charge in [-0.05, 0) is 0 Å². The van der Waals surface area contributed by atoms with Crippen LogP contribution in [0.25, 0.3) is 0 Å². The third kappa shape index (κ3) is 101. The van der Waals surface area contributed by atoms with Gasteiger partial charge in [-0.15, -0.1) is 12.8 Å². The van der Waals surface area contributed by atoms with E-state index in [1.165, 1.54) is 0 Å². The van der Waals surface area contributed by atoms with Gasteiger partial charge < -0.3 is 0 Å². The Kier molecular flexibility index (Phi) is 101. The van der Waals surface area contributed by atoms with Crippen LogP contribution in [0.4, 0.5) is 0 Å². The Morgan fingerprint density at radius 2 is 1.20 bits per heavy atom. The molecule has 0 aliphatic rings. The normalized spacial score (nSPS) is 2.80. The van der Waals surface area contributed by atoms with Crippen LogP contribution in [0.15, 0.2) is 0 Å². The SMILES string of the molecule is C#C.[O]=[Mn]=[O]. The summed E-state index contributed by atoms with van der Waals surface area (Å²) in [6, 6.07) is 0. The predicted molar refractivity (Wildman–Crippen MR) is 11.3 cm³/mol. The van der Waals surface area contributed by atoms with E-state index < -0.39 is 14.8 Å². The van der Waals surface area contributed by atoms with Crippen LogP contribution in [0.5, 0.6) is 0 Å². The van der Waals surface area contributed by atoms with Gasteiger partial charge in [-0.3, -0.25) is 0 Å². The second-order valence-corrected chi connectivity index (χ2v) is 0.260. The maximum absolute atomic E-state index is 8.41. The monoisotopic (exact) mass is 113 g/mol. The van der Waals surface area contributed by atoms with Gasteiger partial charge in [-0.25, -0.2) is 0 Å². The topological polar surface area (TPSA) is 34.1 Å². The Hall–Kier alpha value is -0.321. The first-order valence-corrected chi connectivity index (χ1v) is 1.61. The van der Waals surface area contributed by atoms with Gasteiger partial charge in [0.25, 0.3) is 0 Å². The molecule has 2 nitrogen and oxygen atoms in total. The van der Waals surface area contributed by atoms with E-state index >= 15 is 0 Å². The molecule has 0 saturated heterocycles. The van der Waals surface area contributed by atoms with Crippen LogP contribution in [0.1, 0.15) is 0 Å². The summed E-state index contributed by atoms with van der Waals surface area (Å²) in [6.07, 6.45) is 8.00. The van der Waals surface area contributed by atoms with Crippen LogP contribution in [-0.2, 0) is 22.5 Å².